The van der Waals surface area contributed by atoms with Crippen molar-refractivity contribution in [2.75, 3.05) is 11.9 Å². The molecule has 154 valence electrons. The van der Waals surface area contributed by atoms with Gasteiger partial charge in [0.15, 0.2) is 5.13 Å². The zero-order valence-electron chi connectivity index (χ0n) is 16.0. The third-order valence-corrected chi connectivity index (χ3v) is 5.72. The largest absolute Gasteiger partial charge is 0.302 e. The smallest absolute Gasteiger partial charge is 0.240 e. The first kappa shape index (κ1) is 23.6. The Hall–Kier alpha value is -1.63. The second-order valence-electron chi connectivity index (χ2n) is 6.41. The van der Waals surface area contributed by atoms with E-state index in [1.807, 2.05) is 18.4 Å². The molecule has 1 atom stereocenters. The second-order valence-corrected chi connectivity index (χ2v) is 8.11. The van der Waals surface area contributed by atoms with Crippen molar-refractivity contribution in [1.29, 1.82) is 0 Å². The number of thiazole rings is 1. The lowest BCUT2D eigenvalue weighted by atomic mass is 10.1. The molecule has 0 bridgehead atoms. The van der Waals surface area contributed by atoms with E-state index in [9.17, 15) is 4.79 Å². The molecule has 0 saturated heterocycles. The van der Waals surface area contributed by atoms with Gasteiger partial charge in [-0.25, -0.2) is 4.98 Å². The lowest BCUT2D eigenvalue weighted by molar-refractivity contribution is -0.115. The Balaban J connectivity index is 0.00000300. The summed E-state index contributed by atoms with van der Waals surface area (Å²) in [6, 6.07) is 13.8. The molecule has 1 unspecified atom stereocenters. The van der Waals surface area contributed by atoms with E-state index in [1.54, 1.807) is 12.1 Å². The minimum atomic E-state index is -0.139. The van der Waals surface area contributed by atoms with Crippen molar-refractivity contribution in [3.8, 4) is 11.3 Å². The highest BCUT2D eigenvalue weighted by molar-refractivity contribution is 7.14. The highest BCUT2D eigenvalue weighted by atomic mass is 35.5. The summed E-state index contributed by atoms with van der Waals surface area (Å²) in [6.07, 6.45) is 1.02. The number of nitrogens with zero attached hydrogens (tertiary/aromatic N) is 1. The number of carbonyl (C=O) groups is 1. The predicted molar refractivity (Wildman–Crippen MR) is 126 cm³/mol. The number of aromatic nitrogens is 1. The van der Waals surface area contributed by atoms with Crippen LogP contribution < -0.4 is 10.6 Å². The second kappa shape index (κ2) is 11.0. The molecule has 0 aliphatic carbocycles. The van der Waals surface area contributed by atoms with Crippen LogP contribution >= 0.6 is 46.9 Å². The summed E-state index contributed by atoms with van der Waals surface area (Å²) < 4.78 is 0. The van der Waals surface area contributed by atoms with Crippen molar-refractivity contribution in [2.24, 2.45) is 0 Å². The number of carbonyl (C=O) groups excluding carboxylic acids is 1. The van der Waals surface area contributed by atoms with Gasteiger partial charge in [0, 0.05) is 22.0 Å². The van der Waals surface area contributed by atoms with E-state index >= 15 is 0 Å². The summed E-state index contributed by atoms with van der Waals surface area (Å²) in [7, 11) is 0. The van der Waals surface area contributed by atoms with Gasteiger partial charge in [-0.05, 0) is 42.7 Å². The van der Waals surface area contributed by atoms with E-state index in [-0.39, 0.29) is 30.9 Å². The maximum Gasteiger partial charge on any atom is 0.240 e. The third kappa shape index (κ3) is 6.43. The SMILES string of the molecule is CCc1ccc(C(C)NCC(=O)Nc2nc(-c3ccc(Cl)cc3Cl)cs2)cc1.Cl. The van der Waals surface area contributed by atoms with Crippen LogP contribution in [-0.2, 0) is 11.2 Å². The highest BCUT2D eigenvalue weighted by Gasteiger charge is 2.12. The van der Waals surface area contributed by atoms with Crippen molar-refractivity contribution >= 4 is 58.0 Å². The van der Waals surface area contributed by atoms with Crippen LogP contribution in [0.25, 0.3) is 11.3 Å². The first-order chi connectivity index (χ1) is 13.5. The fraction of sp³-hybridized carbons (Fsp3) is 0.238. The normalized spacial score (nSPS) is 11.6. The topological polar surface area (TPSA) is 54.0 Å². The van der Waals surface area contributed by atoms with Gasteiger partial charge in [-0.15, -0.1) is 23.7 Å². The molecule has 2 aromatic carbocycles. The number of hydrogen-bond acceptors (Lipinski definition) is 4. The lowest BCUT2D eigenvalue weighted by Gasteiger charge is -2.14. The summed E-state index contributed by atoms with van der Waals surface area (Å²) in [5.41, 5.74) is 3.94. The van der Waals surface area contributed by atoms with Gasteiger partial charge in [0.05, 0.1) is 17.3 Å². The molecule has 3 aromatic rings. The molecule has 1 aromatic heterocycles. The van der Waals surface area contributed by atoms with Gasteiger partial charge in [-0.2, -0.15) is 0 Å². The summed E-state index contributed by atoms with van der Waals surface area (Å²) in [5.74, 6) is -0.139. The molecule has 0 aliphatic rings. The standard InChI is InChI=1S/C21H21Cl2N3OS.ClH/c1-3-14-4-6-15(7-5-14)13(2)24-11-20(27)26-21-25-19(12-28-21)17-9-8-16(22)10-18(17)23;/h4-10,12-13,24H,3,11H2,1-2H3,(H,25,26,27);1H. The van der Waals surface area contributed by atoms with Crippen LogP contribution in [0.1, 0.15) is 31.0 Å². The molecule has 0 spiro atoms. The van der Waals surface area contributed by atoms with E-state index in [0.29, 0.717) is 20.9 Å². The molecule has 0 fully saturated rings. The molecule has 2 N–H and O–H groups in total. The first-order valence-electron chi connectivity index (χ1n) is 8.99. The van der Waals surface area contributed by atoms with Crippen molar-refractivity contribution < 1.29 is 4.79 Å². The Labute approximate surface area is 191 Å². The number of benzene rings is 2. The zero-order chi connectivity index (χ0) is 20.1. The van der Waals surface area contributed by atoms with Gasteiger partial charge >= 0.3 is 0 Å². The molecule has 4 nitrogen and oxygen atoms in total. The Kier molecular flexibility index (Phi) is 8.93. The average molecular weight is 471 g/mol. The minimum absolute atomic E-state index is 0. The number of rotatable bonds is 7. The van der Waals surface area contributed by atoms with Gasteiger partial charge in [-0.1, -0.05) is 54.4 Å². The Morgan fingerprint density at radius 3 is 2.55 bits per heavy atom. The van der Waals surface area contributed by atoms with Gasteiger partial charge in [-0.3, -0.25) is 4.79 Å². The quantitative estimate of drug-likeness (QED) is 0.420. The van der Waals surface area contributed by atoms with Crippen LogP contribution in [0, 0.1) is 0 Å². The van der Waals surface area contributed by atoms with Crippen LogP contribution in [-0.4, -0.2) is 17.4 Å². The number of halogens is 3. The average Bonchev–Trinajstić information content (AvgIpc) is 3.14. The van der Waals surface area contributed by atoms with Crippen molar-refractivity contribution in [2.45, 2.75) is 26.3 Å². The first-order valence-corrected chi connectivity index (χ1v) is 10.6. The number of nitrogens with one attached hydrogen (secondary N) is 2. The van der Waals surface area contributed by atoms with E-state index in [2.05, 4.69) is 46.8 Å². The molecule has 3 rings (SSSR count). The molecule has 1 amide bonds. The van der Waals surface area contributed by atoms with Crippen LogP contribution in [0.2, 0.25) is 10.0 Å². The number of hydrogen-bond donors (Lipinski definition) is 2. The fourth-order valence-electron chi connectivity index (χ4n) is 2.72. The van der Waals surface area contributed by atoms with E-state index in [0.717, 1.165) is 17.5 Å². The van der Waals surface area contributed by atoms with Crippen LogP contribution in [0.5, 0.6) is 0 Å². The predicted octanol–water partition coefficient (Wildman–Crippen LogP) is 6.39. The highest BCUT2D eigenvalue weighted by Crippen LogP contribution is 2.32. The van der Waals surface area contributed by atoms with Crippen molar-refractivity contribution in [3.05, 3.63) is 69.0 Å². The monoisotopic (exact) mass is 469 g/mol. The minimum Gasteiger partial charge on any atom is -0.302 e. The third-order valence-electron chi connectivity index (χ3n) is 4.41. The number of anilines is 1. The van der Waals surface area contributed by atoms with Gasteiger partial charge in [0.2, 0.25) is 5.91 Å². The van der Waals surface area contributed by atoms with Crippen LogP contribution in [0.15, 0.2) is 47.8 Å². The molecular weight excluding hydrogens is 449 g/mol. The van der Waals surface area contributed by atoms with E-state index in [1.165, 1.54) is 16.9 Å². The summed E-state index contributed by atoms with van der Waals surface area (Å²) in [5, 5.41) is 9.56. The summed E-state index contributed by atoms with van der Waals surface area (Å²) in [4.78, 5) is 16.7. The zero-order valence-corrected chi connectivity index (χ0v) is 19.2. The van der Waals surface area contributed by atoms with Gasteiger partial charge < -0.3 is 10.6 Å². The molecular formula is C21H22Cl3N3OS. The maximum absolute atomic E-state index is 12.3. The van der Waals surface area contributed by atoms with Gasteiger partial charge in [0.1, 0.15) is 0 Å². The summed E-state index contributed by atoms with van der Waals surface area (Å²) in [6.45, 7) is 4.37. The Bertz CT molecular complexity index is 960. The van der Waals surface area contributed by atoms with Crippen LogP contribution in [0.3, 0.4) is 0 Å². The van der Waals surface area contributed by atoms with E-state index in [4.69, 9.17) is 23.2 Å². The fourth-order valence-corrected chi connectivity index (χ4v) is 3.95. The number of amides is 1. The molecule has 0 radical (unpaired) electrons. The van der Waals surface area contributed by atoms with E-state index < -0.39 is 0 Å². The van der Waals surface area contributed by atoms with Crippen molar-refractivity contribution in [3.63, 3.8) is 0 Å². The number of aryl methyl sites for hydroxylation is 1. The Morgan fingerprint density at radius 1 is 1.17 bits per heavy atom. The summed E-state index contributed by atoms with van der Waals surface area (Å²) >= 11 is 13.5. The van der Waals surface area contributed by atoms with Crippen LogP contribution in [0.4, 0.5) is 5.13 Å². The lowest BCUT2D eigenvalue weighted by Crippen LogP contribution is -2.30. The maximum atomic E-state index is 12.3. The Morgan fingerprint density at radius 2 is 1.90 bits per heavy atom. The molecule has 29 heavy (non-hydrogen) atoms. The molecule has 0 aliphatic heterocycles. The molecule has 0 saturated carbocycles. The van der Waals surface area contributed by atoms with Crippen molar-refractivity contribution in [1.82, 2.24) is 10.3 Å². The molecule has 8 heteroatoms. The van der Waals surface area contributed by atoms with Gasteiger partial charge in [0.25, 0.3) is 0 Å². The molecule has 1 heterocycles.